The summed E-state index contributed by atoms with van der Waals surface area (Å²) in [4.78, 5) is 14.0. The fourth-order valence-corrected chi connectivity index (χ4v) is 5.07. The van der Waals surface area contributed by atoms with Crippen LogP contribution < -0.4 is 11.1 Å². The van der Waals surface area contributed by atoms with Crippen molar-refractivity contribution in [3.63, 3.8) is 0 Å². The molecular formula is C23H37N3O2. The van der Waals surface area contributed by atoms with Crippen molar-refractivity contribution in [2.24, 2.45) is 23.5 Å². The number of ether oxygens (including phenoxy) is 1. The number of rotatable bonds is 7. The van der Waals surface area contributed by atoms with Gasteiger partial charge in [0.1, 0.15) is 5.76 Å². The molecule has 1 saturated carbocycles. The molecule has 28 heavy (non-hydrogen) atoms. The Kier molecular flexibility index (Phi) is 6.66. The van der Waals surface area contributed by atoms with Crippen molar-refractivity contribution in [3.05, 3.63) is 34.6 Å². The van der Waals surface area contributed by atoms with E-state index in [1.54, 1.807) is 12.0 Å². The smallest absolute Gasteiger partial charge is 0.225 e. The van der Waals surface area contributed by atoms with Gasteiger partial charge in [0.05, 0.1) is 13.2 Å². The van der Waals surface area contributed by atoms with E-state index in [1.807, 2.05) is 14.1 Å². The van der Waals surface area contributed by atoms with Crippen molar-refractivity contribution >= 4 is 5.91 Å². The number of hydrogen-bond donors (Lipinski definition) is 2. The van der Waals surface area contributed by atoms with E-state index in [9.17, 15) is 4.79 Å². The van der Waals surface area contributed by atoms with Crippen molar-refractivity contribution in [2.75, 3.05) is 27.7 Å². The first-order valence-electron chi connectivity index (χ1n) is 10.7. The molecule has 0 aromatic rings. The van der Waals surface area contributed by atoms with Gasteiger partial charge in [0.25, 0.3) is 0 Å². The maximum absolute atomic E-state index is 12.3. The third-order valence-electron chi connectivity index (χ3n) is 6.81. The van der Waals surface area contributed by atoms with Gasteiger partial charge in [0.15, 0.2) is 0 Å². The molecule has 0 saturated heterocycles. The minimum atomic E-state index is -0.0179. The third kappa shape index (κ3) is 4.20. The summed E-state index contributed by atoms with van der Waals surface area (Å²) >= 11 is 0. The van der Waals surface area contributed by atoms with E-state index >= 15 is 0 Å². The van der Waals surface area contributed by atoms with Crippen LogP contribution in [0, 0.1) is 17.8 Å². The van der Waals surface area contributed by atoms with Crippen LogP contribution in [0.2, 0.25) is 0 Å². The molecular weight excluding hydrogens is 350 g/mol. The van der Waals surface area contributed by atoms with Crippen LogP contribution >= 0.6 is 0 Å². The van der Waals surface area contributed by atoms with Gasteiger partial charge in [-0.3, -0.25) is 4.79 Å². The Hall–Kier alpha value is -1.59. The second kappa shape index (κ2) is 8.83. The number of amides is 1. The van der Waals surface area contributed by atoms with Crippen molar-refractivity contribution < 1.29 is 9.53 Å². The van der Waals surface area contributed by atoms with E-state index in [-0.39, 0.29) is 17.9 Å². The molecule has 0 radical (unpaired) electrons. The van der Waals surface area contributed by atoms with E-state index in [0.29, 0.717) is 17.9 Å². The molecule has 3 rings (SSSR count). The van der Waals surface area contributed by atoms with E-state index in [1.165, 1.54) is 16.7 Å². The highest BCUT2D eigenvalue weighted by atomic mass is 16.5. The maximum Gasteiger partial charge on any atom is 0.225 e. The fraction of sp³-hybridized carbons (Fsp3) is 0.696. The average Bonchev–Trinajstić information content (AvgIpc) is 3.12. The molecule has 3 N–H and O–H groups in total. The topological polar surface area (TPSA) is 67.6 Å². The van der Waals surface area contributed by atoms with Gasteiger partial charge in [-0.05, 0) is 63.0 Å². The zero-order chi connectivity index (χ0) is 20.4. The molecule has 1 fully saturated rings. The monoisotopic (exact) mass is 387 g/mol. The van der Waals surface area contributed by atoms with Gasteiger partial charge in [0, 0.05) is 38.5 Å². The Labute approximate surface area is 170 Å². The lowest BCUT2D eigenvalue weighted by atomic mass is 9.66. The van der Waals surface area contributed by atoms with Gasteiger partial charge in [-0.25, -0.2) is 0 Å². The first kappa shape index (κ1) is 21.1. The second-order valence-electron chi connectivity index (χ2n) is 8.97. The highest BCUT2D eigenvalue weighted by molar-refractivity contribution is 5.78. The van der Waals surface area contributed by atoms with E-state index in [4.69, 9.17) is 10.5 Å². The molecule has 0 aromatic carbocycles. The normalized spacial score (nSPS) is 31.1. The number of methoxy groups -OCH3 is 1. The standard InChI is InChI=1S/C23H37N3O2/c1-14-6-7-18(12-14)15(2)25-13-19-20(22(28-5)21(19)24)16-8-10-17(11-9-16)23(27)26(3)4/h7,12,15-17,19,21,25H,6,8-11,13,24H2,1-5H3. The average molecular weight is 388 g/mol. The maximum atomic E-state index is 12.3. The van der Waals surface area contributed by atoms with Crippen LogP contribution in [0.1, 0.15) is 46.0 Å². The molecule has 3 aliphatic carbocycles. The number of hydrogen-bond acceptors (Lipinski definition) is 4. The molecule has 3 unspecified atom stereocenters. The van der Waals surface area contributed by atoms with Gasteiger partial charge in [-0.2, -0.15) is 0 Å². The lowest BCUT2D eigenvalue weighted by molar-refractivity contribution is -0.134. The molecule has 5 nitrogen and oxygen atoms in total. The summed E-state index contributed by atoms with van der Waals surface area (Å²) in [5.74, 6) is 2.25. The molecule has 0 bridgehead atoms. The molecule has 0 aromatic heterocycles. The molecule has 1 amide bonds. The molecule has 156 valence electrons. The molecule has 5 heteroatoms. The molecule has 0 spiro atoms. The minimum Gasteiger partial charge on any atom is -0.499 e. The van der Waals surface area contributed by atoms with Crippen LogP contribution in [0.3, 0.4) is 0 Å². The first-order chi connectivity index (χ1) is 13.3. The number of carbonyl (C=O) groups excluding carboxylic acids is 1. The van der Waals surface area contributed by atoms with Gasteiger partial charge in [-0.15, -0.1) is 0 Å². The SMILES string of the molecule is COC1=C(C2CCC(C(=O)N(C)C)CC2)C(CNC(C)C2=CCC(C)=C2)C1N. The third-order valence-corrected chi connectivity index (χ3v) is 6.81. The lowest BCUT2D eigenvalue weighted by Crippen LogP contribution is -2.51. The Morgan fingerprint density at radius 1 is 1.32 bits per heavy atom. The summed E-state index contributed by atoms with van der Waals surface area (Å²) < 4.78 is 5.66. The van der Waals surface area contributed by atoms with Crippen LogP contribution in [-0.4, -0.2) is 50.6 Å². The molecule has 0 aliphatic heterocycles. The zero-order valence-electron chi connectivity index (χ0n) is 18.1. The summed E-state index contributed by atoms with van der Waals surface area (Å²) in [5.41, 5.74) is 10.6. The highest BCUT2D eigenvalue weighted by Crippen LogP contribution is 2.45. The molecule has 3 aliphatic rings. The number of nitrogens with one attached hydrogen (secondary N) is 1. The van der Waals surface area contributed by atoms with Crippen LogP contribution in [0.15, 0.2) is 34.6 Å². The summed E-state index contributed by atoms with van der Waals surface area (Å²) in [6, 6.07) is 0.321. The number of allylic oxidation sites excluding steroid dienone is 2. The molecule has 0 heterocycles. The molecule has 3 atom stereocenters. The Morgan fingerprint density at radius 3 is 2.54 bits per heavy atom. The van der Waals surface area contributed by atoms with E-state index < -0.39 is 0 Å². The predicted molar refractivity (Wildman–Crippen MR) is 114 cm³/mol. The van der Waals surface area contributed by atoms with Crippen LogP contribution in [0.4, 0.5) is 0 Å². The van der Waals surface area contributed by atoms with Gasteiger partial charge in [0.2, 0.25) is 5.91 Å². The lowest BCUT2D eigenvalue weighted by Gasteiger charge is -2.44. The van der Waals surface area contributed by atoms with E-state index in [0.717, 1.165) is 44.4 Å². The van der Waals surface area contributed by atoms with Crippen molar-refractivity contribution in [3.8, 4) is 0 Å². The van der Waals surface area contributed by atoms with Crippen molar-refractivity contribution in [1.82, 2.24) is 10.2 Å². The fourth-order valence-electron chi connectivity index (χ4n) is 5.07. The minimum absolute atomic E-state index is 0.0179. The van der Waals surface area contributed by atoms with Gasteiger partial charge >= 0.3 is 0 Å². The summed E-state index contributed by atoms with van der Waals surface area (Å²) in [5, 5.41) is 3.69. The van der Waals surface area contributed by atoms with Crippen molar-refractivity contribution in [2.45, 2.75) is 58.0 Å². The zero-order valence-corrected chi connectivity index (χ0v) is 18.1. The van der Waals surface area contributed by atoms with Crippen LogP contribution in [-0.2, 0) is 9.53 Å². The summed E-state index contributed by atoms with van der Waals surface area (Å²) in [6.45, 7) is 5.29. The predicted octanol–water partition coefficient (Wildman–Crippen LogP) is 2.99. The van der Waals surface area contributed by atoms with Crippen molar-refractivity contribution in [1.29, 1.82) is 0 Å². The highest BCUT2D eigenvalue weighted by Gasteiger charge is 2.44. The van der Waals surface area contributed by atoms with Gasteiger partial charge < -0.3 is 20.7 Å². The largest absolute Gasteiger partial charge is 0.499 e. The summed E-state index contributed by atoms with van der Waals surface area (Å²) in [6.07, 6.45) is 9.71. The Balaban J connectivity index is 1.59. The van der Waals surface area contributed by atoms with Crippen LogP contribution in [0.25, 0.3) is 0 Å². The second-order valence-corrected chi connectivity index (χ2v) is 8.97. The van der Waals surface area contributed by atoms with E-state index in [2.05, 4.69) is 31.3 Å². The Morgan fingerprint density at radius 2 is 2.00 bits per heavy atom. The quantitative estimate of drug-likeness (QED) is 0.705. The summed E-state index contributed by atoms with van der Waals surface area (Å²) in [7, 11) is 5.44. The number of nitrogens with zero attached hydrogens (tertiary/aromatic N) is 1. The van der Waals surface area contributed by atoms with Gasteiger partial charge in [-0.1, -0.05) is 17.7 Å². The van der Waals surface area contributed by atoms with Crippen LogP contribution in [0.5, 0.6) is 0 Å². The Bertz CT molecular complexity index is 684. The number of nitrogens with two attached hydrogens (primary N) is 1. The number of carbonyl (C=O) groups is 1. The first-order valence-corrected chi connectivity index (χ1v) is 10.7.